The van der Waals surface area contributed by atoms with Gasteiger partial charge >= 0.3 is 0 Å². The molecule has 3 N–H and O–H groups in total. The zero-order valence-electron chi connectivity index (χ0n) is 6.87. The first-order chi connectivity index (χ1) is 6.36. The van der Waals surface area contributed by atoms with Gasteiger partial charge in [0.2, 0.25) is 0 Å². The normalized spacial score (nSPS) is 25.4. The fraction of sp³-hybridized carbons (Fsp3) is 0.429. The maximum absolute atomic E-state index is 11.4. The van der Waals surface area contributed by atoms with Gasteiger partial charge in [0.15, 0.2) is 12.1 Å². The predicted molar refractivity (Wildman–Crippen MR) is 45.2 cm³/mol. The summed E-state index contributed by atoms with van der Waals surface area (Å²) < 4.78 is 0. The lowest BCUT2D eigenvalue weighted by Gasteiger charge is -2.29. The van der Waals surface area contributed by atoms with Gasteiger partial charge < -0.3 is 15.2 Å². The zero-order chi connectivity index (χ0) is 8.84. The molecular weight excluding hydrogens is 170 g/mol. The molecule has 1 fully saturated rings. The average molecular weight is 179 g/mol. The van der Waals surface area contributed by atoms with E-state index in [-0.39, 0.29) is 12.2 Å². The Hall–Kier alpha value is -1.56. The van der Waals surface area contributed by atoms with Crippen LogP contribution in [0.2, 0.25) is 0 Å². The van der Waals surface area contributed by atoms with E-state index in [1.165, 1.54) is 0 Å². The van der Waals surface area contributed by atoms with Gasteiger partial charge in [-0.2, -0.15) is 0 Å². The van der Waals surface area contributed by atoms with Gasteiger partial charge in [0.25, 0.3) is 5.91 Å². The highest BCUT2D eigenvalue weighted by Crippen LogP contribution is 2.22. The molecule has 0 aromatic carbocycles. The van der Waals surface area contributed by atoms with Crippen molar-refractivity contribution in [1.82, 2.24) is 20.6 Å². The maximum atomic E-state index is 11.4. The Bertz CT molecular complexity index is 360. The van der Waals surface area contributed by atoms with Crippen LogP contribution in [0.5, 0.6) is 0 Å². The third-order valence-corrected chi connectivity index (χ3v) is 2.39. The molecule has 13 heavy (non-hydrogen) atoms. The summed E-state index contributed by atoms with van der Waals surface area (Å²) in [6.45, 7) is 1.75. The molecule has 3 heterocycles. The van der Waals surface area contributed by atoms with Crippen LogP contribution in [0.3, 0.4) is 0 Å². The minimum Gasteiger partial charge on any atom is -0.339 e. The number of aromatic nitrogens is 2. The van der Waals surface area contributed by atoms with E-state index in [1.54, 1.807) is 6.33 Å². The van der Waals surface area contributed by atoms with Crippen molar-refractivity contribution in [2.75, 3.05) is 18.0 Å². The highest BCUT2D eigenvalue weighted by Gasteiger charge is 2.35. The lowest BCUT2D eigenvalue weighted by molar-refractivity contribution is 0.0921. The van der Waals surface area contributed by atoms with Gasteiger partial charge in [0, 0.05) is 13.1 Å². The second-order valence-corrected chi connectivity index (χ2v) is 3.12. The van der Waals surface area contributed by atoms with E-state index in [2.05, 4.69) is 20.6 Å². The molecule has 0 bridgehead atoms. The van der Waals surface area contributed by atoms with Crippen molar-refractivity contribution >= 4 is 11.7 Å². The van der Waals surface area contributed by atoms with Crippen molar-refractivity contribution in [1.29, 1.82) is 0 Å². The molecule has 68 valence electrons. The van der Waals surface area contributed by atoms with Crippen molar-refractivity contribution in [3.63, 3.8) is 0 Å². The summed E-state index contributed by atoms with van der Waals surface area (Å²) in [5.41, 5.74) is 0.556. The minimum absolute atomic E-state index is 0.0803. The number of rotatable bonds is 0. The number of aromatic amines is 1. The number of imidazole rings is 1. The van der Waals surface area contributed by atoms with Crippen molar-refractivity contribution in [2.45, 2.75) is 6.29 Å². The molecule has 1 atom stereocenters. The van der Waals surface area contributed by atoms with Crippen LogP contribution >= 0.6 is 0 Å². The van der Waals surface area contributed by atoms with Gasteiger partial charge in [0.1, 0.15) is 5.69 Å². The maximum Gasteiger partial charge on any atom is 0.274 e. The Balaban J connectivity index is 2.12. The number of hydrogen-bond acceptors (Lipinski definition) is 4. The first kappa shape index (κ1) is 6.90. The lowest BCUT2D eigenvalue weighted by Crippen LogP contribution is -2.54. The Morgan fingerprint density at radius 1 is 1.62 bits per heavy atom. The van der Waals surface area contributed by atoms with Crippen LogP contribution in [0.4, 0.5) is 5.82 Å². The summed E-state index contributed by atoms with van der Waals surface area (Å²) in [6.07, 6.45) is 1.47. The Labute approximate surface area is 74.3 Å². The Kier molecular flexibility index (Phi) is 1.18. The fourth-order valence-corrected chi connectivity index (χ4v) is 1.79. The molecular formula is C7H9N5O. The van der Waals surface area contributed by atoms with E-state index in [0.29, 0.717) is 5.69 Å². The topological polar surface area (TPSA) is 73.1 Å². The van der Waals surface area contributed by atoms with Crippen LogP contribution in [0.25, 0.3) is 0 Å². The number of anilines is 1. The second kappa shape index (κ2) is 2.23. The lowest BCUT2D eigenvalue weighted by atomic mass is 10.3. The van der Waals surface area contributed by atoms with Gasteiger partial charge in [-0.25, -0.2) is 4.98 Å². The van der Waals surface area contributed by atoms with Gasteiger partial charge in [0.05, 0.1) is 6.33 Å². The van der Waals surface area contributed by atoms with Crippen LogP contribution in [-0.2, 0) is 0 Å². The molecule has 1 aromatic heterocycles. The van der Waals surface area contributed by atoms with Crippen LogP contribution in [0.1, 0.15) is 10.5 Å². The number of carbonyl (C=O) groups is 1. The summed E-state index contributed by atoms with van der Waals surface area (Å²) in [5, 5.41) is 5.98. The SMILES string of the molecule is O=C1NC2NCCN2c2nc[nH]c21. The molecule has 3 rings (SSSR count). The first-order valence-electron chi connectivity index (χ1n) is 4.20. The molecule has 1 amide bonds. The summed E-state index contributed by atoms with van der Waals surface area (Å²) in [5.74, 6) is 0.655. The number of nitrogens with zero attached hydrogens (tertiary/aromatic N) is 2. The highest BCUT2D eigenvalue weighted by molar-refractivity contribution is 5.99. The molecule has 6 nitrogen and oxygen atoms in total. The number of amides is 1. The van der Waals surface area contributed by atoms with Gasteiger partial charge in [-0.1, -0.05) is 0 Å². The number of nitrogens with one attached hydrogen (secondary N) is 3. The monoisotopic (exact) mass is 179 g/mol. The summed E-state index contributed by atoms with van der Waals surface area (Å²) in [6, 6.07) is 0. The fourth-order valence-electron chi connectivity index (χ4n) is 1.79. The van der Waals surface area contributed by atoms with E-state index >= 15 is 0 Å². The largest absolute Gasteiger partial charge is 0.339 e. The quantitative estimate of drug-likeness (QED) is 0.470. The van der Waals surface area contributed by atoms with Crippen molar-refractivity contribution in [2.24, 2.45) is 0 Å². The van der Waals surface area contributed by atoms with Crippen LogP contribution in [0.15, 0.2) is 6.33 Å². The van der Waals surface area contributed by atoms with Crippen molar-refractivity contribution in [3.05, 3.63) is 12.0 Å². The van der Waals surface area contributed by atoms with Crippen LogP contribution in [-0.4, -0.2) is 35.3 Å². The van der Waals surface area contributed by atoms with Gasteiger partial charge in [-0.3, -0.25) is 10.1 Å². The molecule has 2 aliphatic rings. The van der Waals surface area contributed by atoms with E-state index in [9.17, 15) is 4.79 Å². The second-order valence-electron chi connectivity index (χ2n) is 3.12. The third kappa shape index (κ3) is 0.803. The molecule has 2 aliphatic heterocycles. The van der Waals surface area contributed by atoms with Crippen molar-refractivity contribution in [3.8, 4) is 0 Å². The first-order valence-corrected chi connectivity index (χ1v) is 4.20. The Morgan fingerprint density at radius 2 is 2.54 bits per heavy atom. The summed E-state index contributed by atoms with van der Waals surface area (Å²) >= 11 is 0. The number of hydrogen-bond donors (Lipinski definition) is 3. The molecule has 1 saturated heterocycles. The third-order valence-electron chi connectivity index (χ3n) is 2.39. The highest BCUT2D eigenvalue weighted by atomic mass is 16.2. The predicted octanol–water partition coefficient (Wildman–Crippen LogP) is -1.15. The molecule has 1 aromatic rings. The van der Waals surface area contributed by atoms with Gasteiger partial charge in [-0.15, -0.1) is 0 Å². The Morgan fingerprint density at radius 3 is 3.46 bits per heavy atom. The molecule has 1 unspecified atom stereocenters. The molecule has 6 heteroatoms. The van der Waals surface area contributed by atoms with E-state index in [0.717, 1.165) is 18.9 Å². The van der Waals surface area contributed by atoms with Gasteiger partial charge in [-0.05, 0) is 0 Å². The number of fused-ring (bicyclic) bond motifs is 3. The average Bonchev–Trinajstić information content (AvgIpc) is 2.66. The van der Waals surface area contributed by atoms with Crippen LogP contribution in [0, 0.1) is 0 Å². The molecule has 0 spiro atoms. The minimum atomic E-state index is -0.0943. The zero-order valence-corrected chi connectivity index (χ0v) is 6.87. The smallest absolute Gasteiger partial charge is 0.274 e. The molecule has 0 saturated carbocycles. The van der Waals surface area contributed by atoms with Crippen LogP contribution < -0.4 is 15.5 Å². The van der Waals surface area contributed by atoms with E-state index < -0.39 is 0 Å². The molecule has 0 aliphatic carbocycles. The number of H-pyrrole nitrogens is 1. The summed E-state index contributed by atoms with van der Waals surface area (Å²) in [4.78, 5) is 20.4. The molecule has 0 radical (unpaired) electrons. The van der Waals surface area contributed by atoms with Crippen molar-refractivity contribution < 1.29 is 4.79 Å². The number of carbonyl (C=O) groups excluding carboxylic acids is 1. The van der Waals surface area contributed by atoms with E-state index in [1.807, 2.05) is 4.90 Å². The van der Waals surface area contributed by atoms with E-state index in [4.69, 9.17) is 0 Å². The summed E-state index contributed by atoms with van der Waals surface area (Å²) in [7, 11) is 0. The standard InChI is InChI=1S/C7H9N5O/c13-6-4-5(10-3-9-4)12-2-1-8-7(12)11-6/h3,7-8H,1-2H2,(H,9,10)(H,11,13).